The van der Waals surface area contributed by atoms with Crippen molar-refractivity contribution in [1.29, 1.82) is 0 Å². The largest absolute Gasteiger partial charge is 0.396 e. The zero-order valence-corrected chi connectivity index (χ0v) is 8.97. The molecule has 1 N–H and O–H groups in total. The van der Waals surface area contributed by atoms with E-state index in [2.05, 4.69) is 30.3 Å². The fourth-order valence-electron chi connectivity index (χ4n) is 1.32. The zero-order chi connectivity index (χ0) is 10.8. The molecule has 0 saturated heterocycles. The maximum absolute atomic E-state index is 8.54. The van der Waals surface area contributed by atoms with Gasteiger partial charge < -0.3 is 5.11 Å². The monoisotopic (exact) mass is 202 g/mol. The summed E-state index contributed by atoms with van der Waals surface area (Å²) in [5.41, 5.74) is 1.38. The van der Waals surface area contributed by atoms with E-state index in [0.29, 0.717) is 0 Å². The second kappa shape index (κ2) is 8.01. The van der Waals surface area contributed by atoms with E-state index in [1.165, 1.54) is 5.56 Å². The maximum atomic E-state index is 8.54. The summed E-state index contributed by atoms with van der Waals surface area (Å²) in [5, 5.41) is 8.54. The summed E-state index contributed by atoms with van der Waals surface area (Å²) in [4.78, 5) is 0. The molecule has 0 heterocycles. The Morgan fingerprint density at radius 1 is 0.933 bits per heavy atom. The Kier molecular flexibility index (Phi) is 6.26. The van der Waals surface area contributed by atoms with E-state index in [9.17, 15) is 0 Å². The van der Waals surface area contributed by atoms with Gasteiger partial charge in [-0.2, -0.15) is 0 Å². The lowest BCUT2D eigenvalue weighted by molar-refractivity contribution is 0.302. The van der Waals surface area contributed by atoms with E-state index in [1.54, 1.807) is 0 Å². The molecule has 0 aromatic heterocycles. The fourth-order valence-corrected chi connectivity index (χ4v) is 1.32. The van der Waals surface area contributed by atoms with Crippen LogP contribution in [0.15, 0.2) is 54.6 Å². The van der Waals surface area contributed by atoms with Crippen LogP contribution in [0.4, 0.5) is 0 Å². The van der Waals surface area contributed by atoms with Gasteiger partial charge in [-0.1, -0.05) is 54.6 Å². The molecule has 0 fully saturated rings. The second-order valence-corrected chi connectivity index (χ2v) is 3.39. The smallest absolute Gasteiger partial charge is 0.0465 e. The molecule has 0 aliphatic heterocycles. The minimum atomic E-state index is 0.231. The van der Waals surface area contributed by atoms with Crippen molar-refractivity contribution in [1.82, 2.24) is 0 Å². The summed E-state index contributed by atoms with van der Waals surface area (Å²) in [7, 11) is 0. The molecule has 0 unspecified atom stereocenters. The van der Waals surface area contributed by atoms with Crippen LogP contribution in [0.1, 0.15) is 18.4 Å². The third kappa shape index (κ3) is 5.87. The fraction of sp³-hybridized carbons (Fsp3) is 0.286. The Bertz CT molecular complexity index is 298. The molecular weight excluding hydrogens is 184 g/mol. The highest BCUT2D eigenvalue weighted by Crippen LogP contribution is 2.02. The van der Waals surface area contributed by atoms with Gasteiger partial charge in [0.25, 0.3) is 0 Å². The third-order valence-corrected chi connectivity index (χ3v) is 2.12. The number of allylic oxidation sites excluding steroid dienone is 3. The number of benzene rings is 1. The minimum Gasteiger partial charge on any atom is -0.396 e. The molecule has 1 heteroatoms. The summed E-state index contributed by atoms with van der Waals surface area (Å²) >= 11 is 0. The first-order chi connectivity index (χ1) is 7.43. The van der Waals surface area contributed by atoms with Crippen LogP contribution in [-0.2, 0) is 6.42 Å². The Balaban J connectivity index is 2.16. The van der Waals surface area contributed by atoms with Gasteiger partial charge in [0.05, 0.1) is 0 Å². The van der Waals surface area contributed by atoms with E-state index in [1.807, 2.05) is 24.3 Å². The summed E-state index contributed by atoms with van der Waals surface area (Å²) in [6.45, 7) is 0.231. The highest BCUT2D eigenvalue weighted by molar-refractivity contribution is 5.15. The summed E-state index contributed by atoms with van der Waals surface area (Å²) in [5.74, 6) is 0. The van der Waals surface area contributed by atoms with E-state index >= 15 is 0 Å². The summed E-state index contributed by atoms with van der Waals surface area (Å²) in [6, 6.07) is 10.5. The van der Waals surface area contributed by atoms with Gasteiger partial charge in [-0.15, -0.1) is 0 Å². The Labute approximate surface area is 91.8 Å². The molecule has 1 aromatic carbocycles. The summed E-state index contributed by atoms with van der Waals surface area (Å²) < 4.78 is 0. The van der Waals surface area contributed by atoms with E-state index in [4.69, 9.17) is 5.11 Å². The van der Waals surface area contributed by atoms with E-state index in [-0.39, 0.29) is 6.61 Å². The molecule has 0 aliphatic carbocycles. The number of rotatable bonds is 6. The molecule has 0 aliphatic rings. The molecule has 0 bridgehead atoms. The second-order valence-electron chi connectivity index (χ2n) is 3.39. The lowest BCUT2D eigenvalue weighted by atomic mass is 10.1. The van der Waals surface area contributed by atoms with E-state index < -0.39 is 0 Å². The predicted molar refractivity (Wildman–Crippen MR) is 64.7 cm³/mol. The van der Waals surface area contributed by atoms with Crippen molar-refractivity contribution in [3.05, 3.63) is 60.2 Å². The molecule has 0 atom stereocenters. The quantitative estimate of drug-likeness (QED) is 0.703. The molecule has 15 heavy (non-hydrogen) atoms. The molecule has 1 nitrogen and oxygen atoms in total. The maximum Gasteiger partial charge on any atom is 0.0465 e. The third-order valence-electron chi connectivity index (χ3n) is 2.12. The first kappa shape index (κ1) is 11.7. The van der Waals surface area contributed by atoms with Gasteiger partial charge in [0.2, 0.25) is 0 Å². The van der Waals surface area contributed by atoms with Crippen molar-refractivity contribution in [3.8, 4) is 0 Å². The molecule has 0 amide bonds. The first-order valence-corrected chi connectivity index (χ1v) is 5.40. The molecule has 80 valence electrons. The van der Waals surface area contributed by atoms with Crippen LogP contribution in [0.2, 0.25) is 0 Å². The molecule has 0 saturated carbocycles. The minimum absolute atomic E-state index is 0.231. The average Bonchev–Trinajstić information content (AvgIpc) is 2.29. The van der Waals surface area contributed by atoms with Crippen molar-refractivity contribution >= 4 is 0 Å². The molecule has 0 radical (unpaired) electrons. The van der Waals surface area contributed by atoms with Crippen LogP contribution >= 0.6 is 0 Å². The standard InChI is InChI=1S/C14H18O/c15-13-9-4-2-1-3-6-10-14-11-7-5-8-12-14/h1-5,7-8,11-12,15H,6,9-10,13H2/b3-1+,4-2+. The number of aliphatic hydroxyl groups excluding tert-OH is 1. The van der Waals surface area contributed by atoms with Crippen LogP contribution in [0.25, 0.3) is 0 Å². The van der Waals surface area contributed by atoms with Gasteiger partial charge in [0.1, 0.15) is 0 Å². The number of aryl methyl sites for hydroxylation is 1. The molecular formula is C14H18O. The van der Waals surface area contributed by atoms with Gasteiger partial charge in [-0.25, -0.2) is 0 Å². The molecule has 1 rings (SSSR count). The van der Waals surface area contributed by atoms with Gasteiger partial charge in [0.15, 0.2) is 0 Å². The van der Waals surface area contributed by atoms with Crippen molar-refractivity contribution in [3.63, 3.8) is 0 Å². The van der Waals surface area contributed by atoms with Crippen LogP contribution in [0.3, 0.4) is 0 Å². The lowest BCUT2D eigenvalue weighted by Crippen LogP contribution is -1.80. The Morgan fingerprint density at radius 3 is 2.27 bits per heavy atom. The number of hydrogen-bond acceptors (Lipinski definition) is 1. The van der Waals surface area contributed by atoms with Crippen molar-refractivity contribution in [2.75, 3.05) is 6.61 Å². The van der Waals surface area contributed by atoms with E-state index in [0.717, 1.165) is 19.3 Å². The highest BCUT2D eigenvalue weighted by Gasteiger charge is 1.86. The Morgan fingerprint density at radius 2 is 1.60 bits per heavy atom. The van der Waals surface area contributed by atoms with Crippen LogP contribution < -0.4 is 0 Å². The highest BCUT2D eigenvalue weighted by atomic mass is 16.2. The average molecular weight is 202 g/mol. The zero-order valence-electron chi connectivity index (χ0n) is 8.97. The van der Waals surface area contributed by atoms with Crippen LogP contribution in [0, 0.1) is 0 Å². The lowest BCUT2D eigenvalue weighted by Gasteiger charge is -1.95. The van der Waals surface area contributed by atoms with Crippen molar-refractivity contribution in [2.45, 2.75) is 19.3 Å². The van der Waals surface area contributed by atoms with Gasteiger partial charge >= 0.3 is 0 Å². The Hall–Kier alpha value is -1.34. The normalized spacial score (nSPS) is 11.5. The molecule has 1 aromatic rings. The number of aliphatic hydroxyl groups is 1. The van der Waals surface area contributed by atoms with Crippen molar-refractivity contribution in [2.24, 2.45) is 0 Å². The first-order valence-electron chi connectivity index (χ1n) is 5.40. The molecule has 0 spiro atoms. The SMILES string of the molecule is OCC/C=C/C=C/CCc1ccccc1. The van der Waals surface area contributed by atoms with Gasteiger partial charge in [-0.05, 0) is 24.8 Å². The predicted octanol–water partition coefficient (Wildman–Crippen LogP) is 3.11. The topological polar surface area (TPSA) is 20.2 Å². The van der Waals surface area contributed by atoms with Gasteiger partial charge in [0, 0.05) is 6.61 Å². The van der Waals surface area contributed by atoms with Crippen LogP contribution in [-0.4, -0.2) is 11.7 Å². The van der Waals surface area contributed by atoms with Gasteiger partial charge in [-0.3, -0.25) is 0 Å². The number of hydrogen-bond donors (Lipinski definition) is 1. The summed E-state index contributed by atoms with van der Waals surface area (Å²) in [6.07, 6.45) is 11.0. The van der Waals surface area contributed by atoms with Crippen LogP contribution in [0.5, 0.6) is 0 Å². The van der Waals surface area contributed by atoms with Crippen molar-refractivity contribution < 1.29 is 5.11 Å².